The van der Waals surface area contributed by atoms with Crippen molar-refractivity contribution in [2.45, 2.75) is 50.1 Å². The Hall–Kier alpha value is -4.07. The van der Waals surface area contributed by atoms with E-state index in [9.17, 15) is 13.6 Å². The maximum atomic E-state index is 14.6. The third-order valence-electron chi connectivity index (χ3n) is 10.6. The molecule has 1 spiro atoms. The molecule has 13 heteroatoms. The highest BCUT2D eigenvalue weighted by Crippen LogP contribution is 2.47. The number of ether oxygens (including phenoxy) is 3. The smallest absolute Gasteiger partial charge is 0.410 e. The van der Waals surface area contributed by atoms with Gasteiger partial charge in [-0.2, -0.15) is 5.10 Å². The van der Waals surface area contributed by atoms with Crippen molar-refractivity contribution in [1.29, 1.82) is 0 Å². The van der Waals surface area contributed by atoms with E-state index in [0.717, 1.165) is 48.6 Å². The van der Waals surface area contributed by atoms with Crippen LogP contribution in [0.1, 0.15) is 47.0 Å². The molecule has 3 fully saturated rings. The van der Waals surface area contributed by atoms with E-state index in [2.05, 4.69) is 19.9 Å². The average molecular weight is 662 g/mol. The van der Waals surface area contributed by atoms with Crippen molar-refractivity contribution in [3.8, 4) is 0 Å². The second-order valence-electron chi connectivity index (χ2n) is 13.5. The molecular formula is C35H41F2N7O4. The molecule has 1 amide bonds. The van der Waals surface area contributed by atoms with E-state index in [4.69, 9.17) is 14.2 Å². The van der Waals surface area contributed by atoms with Gasteiger partial charge in [0.25, 0.3) is 6.43 Å². The maximum Gasteiger partial charge on any atom is 0.410 e. The summed E-state index contributed by atoms with van der Waals surface area (Å²) in [6.07, 6.45) is 3.45. The third kappa shape index (κ3) is 5.32. The summed E-state index contributed by atoms with van der Waals surface area (Å²) in [6.45, 7) is 7.68. The molecule has 2 aromatic heterocycles. The van der Waals surface area contributed by atoms with E-state index in [-0.39, 0.29) is 36.5 Å². The zero-order valence-electron chi connectivity index (χ0n) is 27.3. The second kappa shape index (κ2) is 12.4. The predicted molar refractivity (Wildman–Crippen MR) is 175 cm³/mol. The number of pyridine rings is 1. The van der Waals surface area contributed by atoms with Crippen molar-refractivity contribution < 1.29 is 27.8 Å². The third-order valence-corrected chi connectivity index (χ3v) is 10.6. The Bertz CT molecular complexity index is 1690. The van der Waals surface area contributed by atoms with Crippen molar-refractivity contribution >= 4 is 23.7 Å². The molecule has 5 aliphatic heterocycles. The number of hydrogen-bond acceptors (Lipinski definition) is 9. The fraction of sp³-hybridized carbons (Fsp3) is 0.514. The van der Waals surface area contributed by atoms with E-state index in [1.807, 2.05) is 71.3 Å². The second-order valence-corrected chi connectivity index (χ2v) is 13.5. The monoisotopic (exact) mass is 661 g/mol. The molecule has 0 N–H and O–H groups in total. The van der Waals surface area contributed by atoms with Gasteiger partial charge in [0, 0.05) is 63.5 Å². The van der Waals surface area contributed by atoms with Crippen LogP contribution in [0, 0.1) is 6.92 Å². The van der Waals surface area contributed by atoms with Crippen molar-refractivity contribution in [3.05, 3.63) is 76.7 Å². The Balaban J connectivity index is 0.954. The standard InChI is InChI=1S/C35H41F2N7O4/c1-23-16-38-44-25(19-46-2)20-48-35(32(23)44)21-42(22-35)30-15-28-26(31(39-30)33(36)37)9-6-10-27-29(17-43(27)28)40-11-13-41(14-12-40)34(45)47-18-24-7-4-3-5-8-24/h3-9,15-16,25,27,29,33H,10-14,17-22H2,1-2H3/t25-,27+,29-/m1/s1. The molecule has 0 aliphatic carbocycles. The van der Waals surface area contributed by atoms with Gasteiger partial charge in [-0.3, -0.25) is 9.58 Å². The number of aryl methyl sites for hydroxylation is 1. The highest BCUT2D eigenvalue weighted by atomic mass is 19.3. The summed E-state index contributed by atoms with van der Waals surface area (Å²) < 4.78 is 48.5. The molecule has 7 heterocycles. The van der Waals surface area contributed by atoms with Gasteiger partial charge in [-0.1, -0.05) is 42.5 Å². The number of fused-ring (bicyclic) bond motifs is 5. The quantitative estimate of drug-likeness (QED) is 0.366. The van der Waals surface area contributed by atoms with Crippen LogP contribution >= 0.6 is 0 Å². The number of rotatable bonds is 7. The molecule has 3 aromatic rings. The van der Waals surface area contributed by atoms with Crippen LogP contribution in [-0.4, -0.2) is 109 Å². The van der Waals surface area contributed by atoms with Gasteiger partial charge < -0.3 is 28.9 Å². The number of nitrogens with zero attached hydrogens (tertiary/aromatic N) is 7. The Morgan fingerprint density at radius 3 is 2.67 bits per heavy atom. The minimum Gasteiger partial charge on any atom is -0.445 e. The van der Waals surface area contributed by atoms with Gasteiger partial charge in [0.15, 0.2) is 0 Å². The molecule has 0 saturated carbocycles. The molecule has 5 aliphatic rings. The van der Waals surface area contributed by atoms with Crippen molar-refractivity contribution in [1.82, 2.24) is 24.6 Å². The molecule has 11 nitrogen and oxygen atoms in total. The van der Waals surface area contributed by atoms with Crippen LogP contribution < -0.4 is 9.80 Å². The predicted octanol–water partition coefficient (Wildman–Crippen LogP) is 4.39. The number of methoxy groups -OCH3 is 1. The minimum atomic E-state index is -2.70. The van der Waals surface area contributed by atoms with Crippen molar-refractivity contribution in [3.63, 3.8) is 0 Å². The zero-order chi connectivity index (χ0) is 33.0. The van der Waals surface area contributed by atoms with Gasteiger partial charge >= 0.3 is 6.09 Å². The first-order valence-electron chi connectivity index (χ1n) is 16.7. The largest absolute Gasteiger partial charge is 0.445 e. The summed E-state index contributed by atoms with van der Waals surface area (Å²) in [7, 11) is 1.67. The molecule has 8 rings (SSSR count). The lowest BCUT2D eigenvalue weighted by Crippen LogP contribution is -2.69. The lowest BCUT2D eigenvalue weighted by molar-refractivity contribution is -0.119. The van der Waals surface area contributed by atoms with E-state index < -0.39 is 12.0 Å². The van der Waals surface area contributed by atoms with Crippen LogP contribution in [0.3, 0.4) is 0 Å². The molecule has 3 saturated heterocycles. The highest BCUT2D eigenvalue weighted by molar-refractivity contribution is 5.76. The van der Waals surface area contributed by atoms with Crippen LogP contribution in [0.25, 0.3) is 6.08 Å². The molecule has 0 unspecified atom stereocenters. The lowest BCUT2D eigenvalue weighted by Gasteiger charge is -2.55. The van der Waals surface area contributed by atoms with Crippen LogP contribution in [0.4, 0.5) is 25.1 Å². The van der Waals surface area contributed by atoms with E-state index >= 15 is 0 Å². The molecular weight excluding hydrogens is 620 g/mol. The number of anilines is 2. The molecule has 48 heavy (non-hydrogen) atoms. The Labute approximate surface area is 278 Å². The molecule has 0 bridgehead atoms. The highest BCUT2D eigenvalue weighted by Gasteiger charge is 2.53. The number of halogens is 2. The number of hydrogen-bond donors (Lipinski definition) is 0. The van der Waals surface area contributed by atoms with Crippen LogP contribution in [0.2, 0.25) is 0 Å². The molecule has 3 atom stereocenters. The van der Waals surface area contributed by atoms with Gasteiger partial charge in [0.2, 0.25) is 0 Å². The Morgan fingerprint density at radius 1 is 1.12 bits per heavy atom. The average Bonchev–Trinajstić information content (AvgIpc) is 3.41. The van der Waals surface area contributed by atoms with Gasteiger partial charge in [0.1, 0.15) is 23.7 Å². The first-order valence-corrected chi connectivity index (χ1v) is 16.7. The number of alkyl halides is 2. The minimum absolute atomic E-state index is 0.00560. The summed E-state index contributed by atoms with van der Waals surface area (Å²) in [5, 5.41) is 4.62. The number of carbonyl (C=O) groups is 1. The van der Waals surface area contributed by atoms with Crippen LogP contribution in [0.15, 0.2) is 48.7 Å². The van der Waals surface area contributed by atoms with Gasteiger partial charge in [0.05, 0.1) is 49.9 Å². The number of piperazine rings is 1. The number of carbonyl (C=O) groups excluding carboxylic acids is 1. The van der Waals surface area contributed by atoms with Crippen LogP contribution in [-0.2, 0) is 26.4 Å². The van der Waals surface area contributed by atoms with E-state index in [1.54, 1.807) is 12.0 Å². The normalized spacial score (nSPS) is 24.4. The topological polar surface area (TPSA) is 88.4 Å². The SMILES string of the molecule is COC[C@@H]1COC2(CN(c3cc4c(c(C(F)F)n3)C=CC[C@H]3[C@H](N5CCN(C(=O)OCc6ccccc6)CC5)CN43)C2)c2c(C)cnn21. The van der Waals surface area contributed by atoms with Gasteiger partial charge in [-0.25, -0.2) is 18.6 Å². The Morgan fingerprint density at radius 2 is 1.92 bits per heavy atom. The lowest BCUT2D eigenvalue weighted by atomic mass is 9.86. The fourth-order valence-corrected chi connectivity index (χ4v) is 8.08. The summed E-state index contributed by atoms with van der Waals surface area (Å²) in [6, 6.07) is 12.1. The summed E-state index contributed by atoms with van der Waals surface area (Å²) in [4.78, 5) is 25.8. The van der Waals surface area contributed by atoms with Crippen LogP contribution in [0.5, 0.6) is 0 Å². The number of amides is 1. The van der Waals surface area contributed by atoms with E-state index in [1.165, 1.54) is 0 Å². The van der Waals surface area contributed by atoms with Crippen molar-refractivity contribution in [2.75, 3.05) is 75.9 Å². The van der Waals surface area contributed by atoms with Crippen molar-refractivity contribution in [2.24, 2.45) is 0 Å². The molecule has 1 aromatic carbocycles. The van der Waals surface area contributed by atoms with Gasteiger partial charge in [-0.05, 0) is 24.5 Å². The zero-order valence-corrected chi connectivity index (χ0v) is 27.3. The first-order chi connectivity index (χ1) is 23.3. The van der Waals surface area contributed by atoms with Gasteiger partial charge in [-0.15, -0.1) is 0 Å². The molecule has 254 valence electrons. The Kier molecular flexibility index (Phi) is 8.08. The number of aromatic nitrogens is 3. The summed E-state index contributed by atoms with van der Waals surface area (Å²) >= 11 is 0. The van der Waals surface area contributed by atoms with E-state index in [0.29, 0.717) is 50.8 Å². The maximum absolute atomic E-state index is 14.6. The fourth-order valence-electron chi connectivity index (χ4n) is 8.08. The summed E-state index contributed by atoms with van der Waals surface area (Å²) in [5.74, 6) is 0.543. The first kappa shape index (κ1) is 31.2. The molecule has 0 radical (unpaired) electrons. The summed E-state index contributed by atoms with van der Waals surface area (Å²) in [5.41, 5.74) is 3.59. The number of benzene rings is 1.